The van der Waals surface area contributed by atoms with Gasteiger partial charge in [0.1, 0.15) is 0 Å². The quantitative estimate of drug-likeness (QED) is 0.750. The maximum absolute atomic E-state index is 12.0. The molecule has 0 aromatic carbocycles. The van der Waals surface area contributed by atoms with Gasteiger partial charge in [-0.25, -0.2) is 0 Å². The SMILES string of the molecule is CC(CO)(NCC(F)(F)F)C1CCOC1. The minimum absolute atomic E-state index is 0.0650. The zero-order valence-electron chi connectivity index (χ0n) is 8.60. The van der Waals surface area contributed by atoms with Crippen molar-refractivity contribution in [2.45, 2.75) is 25.1 Å². The number of halogens is 3. The number of rotatable bonds is 4. The van der Waals surface area contributed by atoms with Gasteiger partial charge in [0.15, 0.2) is 0 Å². The summed E-state index contributed by atoms with van der Waals surface area (Å²) in [6.45, 7) is 1.14. The van der Waals surface area contributed by atoms with Crippen LogP contribution in [0.5, 0.6) is 0 Å². The minimum Gasteiger partial charge on any atom is -0.394 e. The standard InChI is InChI=1S/C9H16F3NO2/c1-8(6-14,7-2-3-15-4-7)13-5-9(10,11)12/h7,13-14H,2-6H2,1H3. The molecule has 0 aliphatic carbocycles. The van der Waals surface area contributed by atoms with Gasteiger partial charge in [-0.05, 0) is 13.3 Å². The monoisotopic (exact) mass is 227 g/mol. The number of ether oxygens (including phenoxy) is 1. The van der Waals surface area contributed by atoms with Crippen LogP contribution in [0.2, 0.25) is 0 Å². The van der Waals surface area contributed by atoms with E-state index >= 15 is 0 Å². The molecule has 0 saturated carbocycles. The third-order valence-electron chi connectivity index (χ3n) is 2.85. The Hall–Kier alpha value is -0.330. The van der Waals surface area contributed by atoms with Gasteiger partial charge in [-0.1, -0.05) is 0 Å². The van der Waals surface area contributed by atoms with E-state index in [4.69, 9.17) is 9.84 Å². The molecule has 0 bridgehead atoms. The molecule has 90 valence electrons. The Kier molecular flexibility index (Phi) is 3.97. The molecule has 6 heteroatoms. The summed E-state index contributed by atoms with van der Waals surface area (Å²) >= 11 is 0. The highest BCUT2D eigenvalue weighted by Crippen LogP contribution is 2.26. The van der Waals surface area contributed by atoms with Crippen molar-refractivity contribution in [2.24, 2.45) is 5.92 Å². The molecule has 3 nitrogen and oxygen atoms in total. The van der Waals surface area contributed by atoms with E-state index in [0.717, 1.165) is 0 Å². The van der Waals surface area contributed by atoms with Crippen LogP contribution in [0, 0.1) is 5.92 Å². The van der Waals surface area contributed by atoms with E-state index in [1.54, 1.807) is 6.92 Å². The van der Waals surface area contributed by atoms with Gasteiger partial charge in [-0.15, -0.1) is 0 Å². The number of aliphatic hydroxyl groups is 1. The lowest BCUT2D eigenvalue weighted by Crippen LogP contribution is -2.54. The Morgan fingerprint density at radius 3 is 2.53 bits per heavy atom. The third-order valence-corrected chi connectivity index (χ3v) is 2.85. The van der Waals surface area contributed by atoms with E-state index in [2.05, 4.69) is 5.32 Å². The van der Waals surface area contributed by atoms with Gasteiger partial charge in [0.2, 0.25) is 0 Å². The number of hydrogen-bond acceptors (Lipinski definition) is 3. The third kappa shape index (κ3) is 3.62. The molecule has 2 N–H and O–H groups in total. The van der Waals surface area contributed by atoms with E-state index in [1.807, 2.05) is 0 Å². The highest BCUT2D eigenvalue weighted by Gasteiger charge is 2.39. The second-order valence-corrected chi connectivity index (χ2v) is 4.10. The molecule has 0 aromatic heterocycles. The lowest BCUT2D eigenvalue weighted by atomic mass is 9.85. The van der Waals surface area contributed by atoms with Crippen LogP contribution in [-0.2, 0) is 4.74 Å². The molecule has 2 atom stereocenters. The Labute approximate surface area is 86.6 Å². The highest BCUT2D eigenvalue weighted by molar-refractivity contribution is 4.92. The van der Waals surface area contributed by atoms with Gasteiger partial charge in [0, 0.05) is 18.1 Å². The fourth-order valence-corrected chi connectivity index (χ4v) is 1.67. The van der Waals surface area contributed by atoms with Crippen LogP contribution < -0.4 is 5.32 Å². The van der Waals surface area contributed by atoms with Gasteiger partial charge >= 0.3 is 6.18 Å². The molecule has 15 heavy (non-hydrogen) atoms. The molecule has 1 aliphatic rings. The van der Waals surface area contributed by atoms with Crippen molar-refractivity contribution < 1.29 is 23.0 Å². The molecule has 0 spiro atoms. The van der Waals surface area contributed by atoms with E-state index < -0.39 is 18.3 Å². The van der Waals surface area contributed by atoms with Gasteiger partial charge in [0.05, 0.1) is 19.8 Å². The first-order chi connectivity index (χ1) is 6.87. The fraction of sp³-hybridized carbons (Fsp3) is 1.00. The Balaban J connectivity index is 2.51. The van der Waals surface area contributed by atoms with Crippen molar-refractivity contribution in [3.8, 4) is 0 Å². The number of aliphatic hydroxyl groups excluding tert-OH is 1. The van der Waals surface area contributed by atoms with Gasteiger partial charge < -0.3 is 15.2 Å². The van der Waals surface area contributed by atoms with Crippen molar-refractivity contribution in [3.63, 3.8) is 0 Å². The van der Waals surface area contributed by atoms with Crippen LogP contribution in [0.1, 0.15) is 13.3 Å². The van der Waals surface area contributed by atoms with Crippen molar-refractivity contribution in [1.82, 2.24) is 5.32 Å². The Bertz CT molecular complexity index is 204. The molecule has 0 amide bonds. The van der Waals surface area contributed by atoms with Crippen molar-refractivity contribution in [3.05, 3.63) is 0 Å². The van der Waals surface area contributed by atoms with Crippen LogP contribution in [0.25, 0.3) is 0 Å². The Morgan fingerprint density at radius 1 is 1.47 bits per heavy atom. The summed E-state index contributed by atoms with van der Waals surface area (Å²) in [5, 5.41) is 11.5. The lowest BCUT2D eigenvalue weighted by molar-refractivity contribution is -0.131. The van der Waals surface area contributed by atoms with E-state index in [1.165, 1.54) is 0 Å². The first kappa shape index (κ1) is 12.7. The van der Waals surface area contributed by atoms with Crippen LogP contribution in [0.4, 0.5) is 13.2 Å². The van der Waals surface area contributed by atoms with Crippen molar-refractivity contribution in [2.75, 3.05) is 26.4 Å². The molecule has 1 aliphatic heterocycles. The fourth-order valence-electron chi connectivity index (χ4n) is 1.67. The van der Waals surface area contributed by atoms with Crippen LogP contribution in [0.15, 0.2) is 0 Å². The first-order valence-corrected chi connectivity index (χ1v) is 4.88. The highest BCUT2D eigenvalue weighted by atomic mass is 19.4. The molecule has 2 unspecified atom stereocenters. The second kappa shape index (κ2) is 4.67. The van der Waals surface area contributed by atoms with E-state index in [9.17, 15) is 13.2 Å². The minimum atomic E-state index is -4.25. The normalized spacial score (nSPS) is 26.6. The van der Waals surface area contributed by atoms with Crippen LogP contribution in [-0.4, -0.2) is 43.2 Å². The van der Waals surface area contributed by atoms with Gasteiger partial charge in [0.25, 0.3) is 0 Å². The largest absolute Gasteiger partial charge is 0.401 e. The molecule has 1 heterocycles. The van der Waals surface area contributed by atoms with Crippen LogP contribution in [0.3, 0.4) is 0 Å². The molecule has 1 fully saturated rings. The zero-order chi connectivity index (χ0) is 11.5. The smallest absolute Gasteiger partial charge is 0.394 e. The zero-order valence-corrected chi connectivity index (χ0v) is 8.60. The average molecular weight is 227 g/mol. The number of nitrogens with one attached hydrogen (secondary N) is 1. The van der Waals surface area contributed by atoms with Crippen LogP contribution >= 0.6 is 0 Å². The molecule has 1 saturated heterocycles. The summed E-state index contributed by atoms with van der Waals surface area (Å²) in [6.07, 6.45) is -3.57. The molecular weight excluding hydrogens is 211 g/mol. The summed E-state index contributed by atoms with van der Waals surface area (Å²) < 4.78 is 41.2. The maximum atomic E-state index is 12.0. The molecule has 0 radical (unpaired) electrons. The summed E-state index contributed by atoms with van der Waals surface area (Å²) in [6, 6.07) is 0. The van der Waals surface area contributed by atoms with E-state index in [0.29, 0.717) is 19.6 Å². The van der Waals surface area contributed by atoms with E-state index in [-0.39, 0.29) is 12.5 Å². The molecule has 1 rings (SSSR count). The summed E-state index contributed by atoms with van der Waals surface area (Å²) in [5.74, 6) is -0.0650. The average Bonchev–Trinajstić information content (AvgIpc) is 2.66. The molecular formula is C9H16F3NO2. The van der Waals surface area contributed by atoms with Gasteiger partial charge in [-0.3, -0.25) is 0 Å². The summed E-state index contributed by atoms with van der Waals surface area (Å²) in [4.78, 5) is 0. The van der Waals surface area contributed by atoms with Crippen molar-refractivity contribution in [1.29, 1.82) is 0 Å². The summed E-state index contributed by atoms with van der Waals surface area (Å²) in [7, 11) is 0. The predicted molar refractivity (Wildman–Crippen MR) is 48.5 cm³/mol. The topological polar surface area (TPSA) is 41.5 Å². The second-order valence-electron chi connectivity index (χ2n) is 4.10. The summed E-state index contributed by atoms with van der Waals surface area (Å²) in [5.41, 5.74) is -0.911. The maximum Gasteiger partial charge on any atom is 0.401 e. The van der Waals surface area contributed by atoms with Gasteiger partial charge in [-0.2, -0.15) is 13.2 Å². The predicted octanol–water partition coefficient (Wildman–Crippen LogP) is 0.926. The first-order valence-electron chi connectivity index (χ1n) is 4.88. The Morgan fingerprint density at radius 2 is 2.13 bits per heavy atom. The van der Waals surface area contributed by atoms with Crippen molar-refractivity contribution >= 4 is 0 Å². The molecule has 0 aromatic rings. The number of hydrogen-bond donors (Lipinski definition) is 2. The lowest BCUT2D eigenvalue weighted by Gasteiger charge is -2.34. The number of alkyl halides is 3.